The van der Waals surface area contributed by atoms with Gasteiger partial charge in [-0.25, -0.2) is 4.79 Å². The highest BCUT2D eigenvalue weighted by atomic mass is 16.6. The minimum Gasteiger partial charge on any atom is -0.448 e. The van der Waals surface area contributed by atoms with Crippen LogP contribution in [0.15, 0.2) is 0 Å². The SMILES string of the molecule is O=C([C@H]1CCCN1C(=O)C1CCCC1)N1CCC(N2CCOC2=O)CC1. The summed E-state index contributed by atoms with van der Waals surface area (Å²) >= 11 is 0. The van der Waals surface area contributed by atoms with Gasteiger partial charge in [0.2, 0.25) is 11.8 Å². The Morgan fingerprint density at radius 2 is 1.58 bits per heavy atom. The molecule has 0 radical (unpaired) electrons. The number of carbonyl (C=O) groups is 3. The second kappa shape index (κ2) is 7.45. The zero-order valence-corrected chi connectivity index (χ0v) is 15.4. The molecule has 0 aromatic heterocycles. The largest absolute Gasteiger partial charge is 0.448 e. The molecule has 1 atom stereocenters. The Hall–Kier alpha value is -1.79. The van der Waals surface area contributed by atoms with Crippen LogP contribution in [-0.4, -0.2) is 77.5 Å². The molecule has 144 valence electrons. The monoisotopic (exact) mass is 363 g/mol. The lowest BCUT2D eigenvalue weighted by Gasteiger charge is -2.38. The van der Waals surface area contributed by atoms with Gasteiger partial charge in [0.05, 0.1) is 6.54 Å². The molecule has 0 N–H and O–H groups in total. The fraction of sp³-hybridized carbons (Fsp3) is 0.842. The van der Waals surface area contributed by atoms with Crippen LogP contribution in [0.2, 0.25) is 0 Å². The molecule has 7 nitrogen and oxygen atoms in total. The van der Waals surface area contributed by atoms with Crippen LogP contribution < -0.4 is 0 Å². The molecule has 3 heterocycles. The van der Waals surface area contributed by atoms with E-state index < -0.39 is 0 Å². The van der Waals surface area contributed by atoms with Gasteiger partial charge in [-0.05, 0) is 38.5 Å². The maximum absolute atomic E-state index is 13.0. The zero-order chi connectivity index (χ0) is 18.1. The van der Waals surface area contributed by atoms with Crippen molar-refractivity contribution < 1.29 is 19.1 Å². The number of hydrogen-bond donors (Lipinski definition) is 0. The Kier molecular flexibility index (Phi) is 5.05. The molecule has 4 aliphatic rings. The van der Waals surface area contributed by atoms with Crippen LogP contribution in [0.1, 0.15) is 51.4 Å². The molecular formula is C19H29N3O4. The Bertz CT molecular complexity index is 567. The van der Waals surface area contributed by atoms with Crippen molar-refractivity contribution in [3.63, 3.8) is 0 Å². The summed E-state index contributed by atoms with van der Waals surface area (Å²) in [4.78, 5) is 43.1. The van der Waals surface area contributed by atoms with Crippen molar-refractivity contribution in [2.75, 3.05) is 32.8 Å². The summed E-state index contributed by atoms with van der Waals surface area (Å²) in [7, 11) is 0. The molecule has 0 aromatic rings. The Morgan fingerprint density at radius 3 is 2.23 bits per heavy atom. The number of hydrogen-bond acceptors (Lipinski definition) is 4. The first-order valence-electron chi connectivity index (χ1n) is 10.2. The molecule has 3 aliphatic heterocycles. The summed E-state index contributed by atoms with van der Waals surface area (Å²) in [6.45, 7) is 3.17. The summed E-state index contributed by atoms with van der Waals surface area (Å²) in [5.74, 6) is 0.444. The number of piperidine rings is 1. The summed E-state index contributed by atoms with van der Waals surface area (Å²) in [5.41, 5.74) is 0. The van der Waals surface area contributed by atoms with Gasteiger partial charge in [-0.1, -0.05) is 12.8 Å². The summed E-state index contributed by atoms with van der Waals surface area (Å²) in [6, 6.07) is -0.0924. The van der Waals surface area contributed by atoms with Crippen molar-refractivity contribution >= 4 is 17.9 Å². The summed E-state index contributed by atoms with van der Waals surface area (Å²) in [5, 5.41) is 0. The average molecular weight is 363 g/mol. The van der Waals surface area contributed by atoms with Crippen LogP contribution in [0.25, 0.3) is 0 Å². The lowest BCUT2D eigenvalue weighted by atomic mass is 10.0. The standard InChI is InChI=1S/C19H29N3O4/c23-17(14-4-1-2-5-14)22-9-3-6-16(22)18(24)20-10-7-15(8-11-20)21-12-13-26-19(21)25/h14-16H,1-13H2/t16-/m1/s1. The molecule has 0 bridgehead atoms. The van der Waals surface area contributed by atoms with Gasteiger partial charge in [-0.3, -0.25) is 9.59 Å². The first-order chi connectivity index (χ1) is 12.6. The van der Waals surface area contributed by atoms with Crippen LogP contribution in [0.3, 0.4) is 0 Å². The number of carbonyl (C=O) groups excluding carboxylic acids is 3. The van der Waals surface area contributed by atoms with Gasteiger partial charge in [0.15, 0.2) is 0 Å². The minimum atomic E-state index is -0.267. The number of ether oxygens (including phenoxy) is 1. The maximum atomic E-state index is 13.0. The maximum Gasteiger partial charge on any atom is 0.410 e. The quantitative estimate of drug-likeness (QED) is 0.764. The zero-order valence-electron chi connectivity index (χ0n) is 15.4. The van der Waals surface area contributed by atoms with Crippen molar-refractivity contribution in [2.45, 2.75) is 63.5 Å². The van der Waals surface area contributed by atoms with Gasteiger partial charge in [-0.2, -0.15) is 0 Å². The van der Waals surface area contributed by atoms with Crippen molar-refractivity contribution in [3.05, 3.63) is 0 Å². The first-order valence-corrected chi connectivity index (χ1v) is 10.2. The number of amides is 3. The lowest BCUT2D eigenvalue weighted by molar-refractivity contribution is -0.146. The molecule has 26 heavy (non-hydrogen) atoms. The van der Waals surface area contributed by atoms with E-state index in [9.17, 15) is 14.4 Å². The number of rotatable bonds is 3. The van der Waals surface area contributed by atoms with Gasteiger partial charge < -0.3 is 19.4 Å². The average Bonchev–Trinajstić information content (AvgIpc) is 3.42. The Balaban J connectivity index is 1.34. The molecule has 4 fully saturated rings. The number of nitrogens with zero attached hydrogens (tertiary/aromatic N) is 3. The third kappa shape index (κ3) is 3.28. The highest BCUT2D eigenvalue weighted by molar-refractivity contribution is 5.89. The van der Waals surface area contributed by atoms with Gasteiger partial charge >= 0.3 is 6.09 Å². The van der Waals surface area contributed by atoms with Gasteiger partial charge in [0.25, 0.3) is 0 Å². The number of likely N-dealkylation sites (tertiary alicyclic amines) is 2. The van der Waals surface area contributed by atoms with Crippen molar-refractivity contribution in [1.82, 2.24) is 14.7 Å². The van der Waals surface area contributed by atoms with E-state index in [1.807, 2.05) is 9.80 Å². The van der Waals surface area contributed by atoms with E-state index in [2.05, 4.69) is 0 Å². The second-order valence-electron chi connectivity index (χ2n) is 8.04. The summed E-state index contributed by atoms with van der Waals surface area (Å²) < 4.78 is 5.03. The molecule has 3 saturated heterocycles. The molecule has 0 unspecified atom stereocenters. The molecule has 3 amide bonds. The predicted molar refractivity (Wildman–Crippen MR) is 94.3 cm³/mol. The molecular weight excluding hydrogens is 334 g/mol. The van der Waals surface area contributed by atoms with Crippen LogP contribution in [0, 0.1) is 5.92 Å². The summed E-state index contributed by atoms with van der Waals surface area (Å²) in [6.07, 6.45) is 7.31. The third-order valence-corrected chi connectivity index (χ3v) is 6.53. The fourth-order valence-electron chi connectivity index (χ4n) is 5.04. The van der Waals surface area contributed by atoms with E-state index in [0.717, 1.165) is 57.9 Å². The highest BCUT2D eigenvalue weighted by Crippen LogP contribution is 2.31. The first kappa shape index (κ1) is 17.6. The van der Waals surface area contributed by atoms with Crippen LogP contribution in [-0.2, 0) is 14.3 Å². The van der Waals surface area contributed by atoms with E-state index in [1.54, 1.807) is 4.90 Å². The highest BCUT2D eigenvalue weighted by Gasteiger charge is 2.41. The smallest absolute Gasteiger partial charge is 0.410 e. The van der Waals surface area contributed by atoms with Gasteiger partial charge in [0.1, 0.15) is 12.6 Å². The van der Waals surface area contributed by atoms with Crippen LogP contribution in [0.4, 0.5) is 4.79 Å². The molecule has 7 heteroatoms. The molecule has 1 saturated carbocycles. The third-order valence-electron chi connectivity index (χ3n) is 6.53. The van der Waals surface area contributed by atoms with Crippen molar-refractivity contribution in [1.29, 1.82) is 0 Å². The van der Waals surface area contributed by atoms with E-state index in [4.69, 9.17) is 4.74 Å². The number of cyclic esters (lactones) is 1. The lowest BCUT2D eigenvalue weighted by Crippen LogP contribution is -2.53. The second-order valence-corrected chi connectivity index (χ2v) is 8.04. The van der Waals surface area contributed by atoms with Crippen molar-refractivity contribution in [2.24, 2.45) is 5.92 Å². The van der Waals surface area contributed by atoms with Gasteiger partial charge in [0, 0.05) is 31.6 Å². The van der Waals surface area contributed by atoms with Crippen LogP contribution in [0.5, 0.6) is 0 Å². The van der Waals surface area contributed by atoms with E-state index in [0.29, 0.717) is 26.2 Å². The molecule has 0 aromatic carbocycles. The van der Waals surface area contributed by atoms with Gasteiger partial charge in [-0.15, -0.1) is 0 Å². The Labute approximate surface area is 154 Å². The topological polar surface area (TPSA) is 70.2 Å². The molecule has 1 aliphatic carbocycles. The molecule has 4 rings (SSSR count). The van der Waals surface area contributed by atoms with E-state index >= 15 is 0 Å². The van der Waals surface area contributed by atoms with E-state index in [1.165, 1.54) is 0 Å². The Morgan fingerprint density at radius 1 is 0.846 bits per heavy atom. The normalized spacial score (nSPS) is 28.1. The van der Waals surface area contributed by atoms with Crippen LogP contribution >= 0.6 is 0 Å². The van der Waals surface area contributed by atoms with E-state index in [-0.39, 0.29) is 35.9 Å². The minimum absolute atomic E-state index is 0.108. The molecule has 0 spiro atoms. The predicted octanol–water partition coefficient (Wildman–Crippen LogP) is 1.61. The van der Waals surface area contributed by atoms with Crippen molar-refractivity contribution in [3.8, 4) is 0 Å². The fourth-order valence-corrected chi connectivity index (χ4v) is 5.04.